The minimum absolute atomic E-state index is 0.0977. The van der Waals surface area contributed by atoms with Gasteiger partial charge in [-0.1, -0.05) is 12.1 Å². The summed E-state index contributed by atoms with van der Waals surface area (Å²) in [5, 5.41) is 12.7. The first-order valence-electron chi connectivity index (χ1n) is 5.50. The van der Waals surface area contributed by atoms with E-state index in [4.69, 9.17) is 0 Å². The maximum atomic E-state index is 9.28. The van der Waals surface area contributed by atoms with Crippen molar-refractivity contribution >= 4 is 11.4 Å². The number of aliphatic hydroxyl groups excluding tert-OH is 1. The van der Waals surface area contributed by atoms with E-state index in [0.717, 1.165) is 24.3 Å². The molecule has 0 bridgehead atoms. The SMILES string of the molecule is CCN1CC(C)Nc2c(CO)cccc21. The fourth-order valence-corrected chi connectivity index (χ4v) is 2.17. The molecule has 1 aromatic rings. The molecule has 15 heavy (non-hydrogen) atoms. The molecule has 3 heteroatoms. The Morgan fingerprint density at radius 2 is 2.33 bits per heavy atom. The number of aliphatic hydroxyl groups is 1. The lowest BCUT2D eigenvalue weighted by atomic mass is 10.1. The highest BCUT2D eigenvalue weighted by atomic mass is 16.3. The molecule has 1 heterocycles. The van der Waals surface area contributed by atoms with Crippen LogP contribution >= 0.6 is 0 Å². The highest BCUT2D eigenvalue weighted by Gasteiger charge is 2.21. The van der Waals surface area contributed by atoms with Gasteiger partial charge >= 0.3 is 0 Å². The molecule has 0 saturated carbocycles. The van der Waals surface area contributed by atoms with Gasteiger partial charge in [0.2, 0.25) is 0 Å². The number of hydrogen-bond acceptors (Lipinski definition) is 3. The van der Waals surface area contributed by atoms with E-state index < -0.39 is 0 Å². The van der Waals surface area contributed by atoms with Crippen LogP contribution < -0.4 is 10.2 Å². The average Bonchev–Trinajstić information content (AvgIpc) is 2.27. The Balaban J connectivity index is 2.45. The maximum Gasteiger partial charge on any atom is 0.0702 e. The first-order valence-corrected chi connectivity index (χ1v) is 5.50. The van der Waals surface area contributed by atoms with E-state index in [1.54, 1.807) is 0 Å². The summed E-state index contributed by atoms with van der Waals surface area (Å²) in [6.07, 6.45) is 0. The summed E-state index contributed by atoms with van der Waals surface area (Å²) in [4.78, 5) is 2.34. The van der Waals surface area contributed by atoms with Gasteiger partial charge in [-0.3, -0.25) is 0 Å². The molecule has 1 aliphatic rings. The Bertz CT molecular complexity index is 351. The molecule has 1 aliphatic heterocycles. The zero-order valence-electron chi connectivity index (χ0n) is 9.33. The third-order valence-corrected chi connectivity index (χ3v) is 2.91. The lowest BCUT2D eigenvalue weighted by Crippen LogP contribution is -2.40. The first kappa shape index (κ1) is 10.3. The quantitative estimate of drug-likeness (QED) is 0.774. The normalized spacial score (nSPS) is 19.7. The number of hydrogen-bond donors (Lipinski definition) is 2. The highest BCUT2D eigenvalue weighted by molar-refractivity contribution is 5.76. The first-order chi connectivity index (χ1) is 7.26. The summed E-state index contributed by atoms with van der Waals surface area (Å²) < 4.78 is 0. The number of nitrogens with one attached hydrogen (secondary N) is 1. The number of anilines is 2. The number of para-hydroxylation sites is 1. The Kier molecular flexibility index (Phi) is 2.82. The van der Waals surface area contributed by atoms with Crippen LogP contribution in [0.15, 0.2) is 18.2 Å². The van der Waals surface area contributed by atoms with E-state index in [-0.39, 0.29) is 6.61 Å². The smallest absolute Gasteiger partial charge is 0.0702 e. The molecular weight excluding hydrogens is 188 g/mol. The predicted octanol–water partition coefficient (Wildman–Crippen LogP) is 1.82. The summed E-state index contributed by atoms with van der Waals surface area (Å²) in [5.74, 6) is 0. The maximum absolute atomic E-state index is 9.28. The van der Waals surface area contributed by atoms with Crippen molar-refractivity contribution < 1.29 is 5.11 Å². The van der Waals surface area contributed by atoms with Crippen LogP contribution in [0.1, 0.15) is 19.4 Å². The summed E-state index contributed by atoms with van der Waals surface area (Å²) in [6, 6.07) is 6.52. The van der Waals surface area contributed by atoms with Crippen molar-refractivity contribution in [3.63, 3.8) is 0 Å². The standard InChI is InChI=1S/C12H18N2O/c1-3-14-7-9(2)13-12-10(8-15)5-4-6-11(12)14/h4-6,9,13,15H,3,7-8H2,1-2H3. The lowest BCUT2D eigenvalue weighted by molar-refractivity contribution is 0.282. The largest absolute Gasteiger partial charge is 0.392 e. The van der Waals surface area contributed by atoms with Crippen molar-refractivity contribution in [2.75, 3.05) is 23.3 Å². The Hall–Kier alpha value is -1.22. The summed E-state index contributed by atoms with van der Waals surface area (Å²) in [6.45, 7) is 6.46. The Labute approximate surface area is 90.7 Å². The lowest BCUT2D eigenvalue weighted by Gasteiger charge is -2.36. The third kappa shape index (κ3) is 1.79. The van der Waals surface area contributed by atoms with Crippen molar-refractivity contribution in [3.05, 3.63) is 23.8 Å². The molecule has 0 aliphatic carbocycles. The second kappa shape index (κ2) is 4.11. The predicted molar refractivity (Wildman–Crippen MR) is 63.3 cm³/mol. The van der Waals surface area contributed by atoms with Crippen LogP contribution in [-0.4, -0.2) is 24.2 Å². The van der Waals surface area contributed by atoms with Gasteiger partial charge in [0.25, 0.3) is 0 Å². The number of fused-ring (bicyclic) bond motifs is 1. The minimum Gasteiger partial charge on any atom is -0.392 e. The van der Waals surface area contributed by atoms with Crippen molar-refractivity contribution in [2.24, 2.45) is 0 Å². The second-order valence-electron chi connectivity index (χ2n) is 4.05. The van der Waals surface area contributed by atoms with E-state index in [2.05, 4.69) is 30.1 Å². The summed E-state index contributed by atoms with van der Waals surface area (Å²) in [7, 11) is 0. The molecule has 2 N–H and O–H groups in total. The molecule has 0 aromatic heterocycles. The molecule has 3 nitrogen and oxygen atoms in total. The van der Waals surface area contributed by atoms with E-state index in [9.17, 15) is 5.11 Å². The van der Waals surface area contributed by atoms with E-state index >= 15 is 0 Å². The molecular formula is C12H18N2O. The van der Waals surface area contributed by atoms with Crippen molar-refractivity contribution in [3.8, 4) is 0 Å². The van der Waals surface area contributed by atoms with Gasteiger partial charge in [0, 0.05) is 24.7 Å². The molecule has 0 radical (unpaired) electrons. The number of benzene rings is 1. The van der Waals surface area contributed by atoms with Crippen LogP contribution in [0.4, 0.5) is 11.4 Å². The van der Waals surface area contributed by atoms with Crippen LogP contribution in [0.2, 0.25) is 0 Å². The van der Waals surface area contributed by atoms with Gasteiger partial charge in [-0.2, -0.15) is 0 Å². The number of rotatable bonds is 2. The highest BCUT2D eigenvalue weighted by Crippen LogP contribution is 2.33. The van der Waals surface area contributed by atoms with Crippen LogP contribution in [0.3, 0.4) is 0 Å². The van der Waals surface area contributed by atoms with Crippen LogP contribution in [0, 0.1) is 0 Å². The Morgan fingerprint density at radius 3 is 3.00 bits per heavy atom. The third-order valence-electron chi connectivity index (χ3n) is 2.91. The van der Waals surface area contributed by atoms with Gasteiger partial charge in [0.15, 0.2) is 0 Å². The van der Waals surface area contributed by atoms with Crippen LogP contribution in [0.5, 0.6) is 0 Å². The molecule has 0 saturated heterocycles. The zero-order valence-corrected chi connectivity index (χ0v) is 9.33. The molecule has 2 rings (SSSR count). The van der Waals surface area contributed by atoms with E-state index in [1.807, 2.05) is 12.1 Å². The van der Waals surface area contributed by atoms with Gasteiger partial charge in [-0.05, 0) is 19.9 Å². The van der Waals surface area contributed by atoms with Crippen molar-refractivity contribution in [2.45, 2.75) is 26.5 Å². The Morgan fingerprint density at radius 1 is 1.53 bits per heavy atom. The van der Waals surface area contributed by atoms with Gasteiger partial charge in [-0.25, -0.2) is 0 Å². The molecule has 1 atom stereocenters. The van der Waals surface area contributed by atoms with Crippen LogP contribution in [-0.2, 0) is 6.61 Å². The fraction of sp³-hybridized carbons (Fsp3) is 0.500. The molecule has 0 fully saturated rings. The van der Waals surface area contributed by atoms with E-state index in [0.29, 0.717) is 6.04 Å². The van der Waals surface area contributed by atoms with Crippen LogP contribution in [0.25, 0.3) is 0 Å². The molecule has 0 amide bonds. The van der Waals surface area contributed by atoms with Crippen molar-refractivity contribution in [1.29, 1.82) is 0 Å². The van der Waals surface area contributed by atoms with Gasteiger partial charge in [-0.15, -0.1) is 0 Å². The summed E-state index contributed by atoms with van der Waals surface area (Å²) >= 11 is 0. The second-order valence-corrected chi connectivity index (χ2v) is 4.05. The van der Waals surface area contributed by atoms with Gasteiger partial charge in [0.1, 0.15) is 0 Å². The minimum atomic E-state index is 0.0977. The average molecular weight is 206 g/mol. The molecule has 1 unspecified atom stereocenters. The number of nitrogens with zero attached hydrogens (tertiary/aromatic N) is 1. The monoisotopic (exact) mass is 206 g/mol. The van der Waals surface area contributed by atoms with Crippen molar-refractivity contribution in [1.82, 2.24) is 0 Å². The number of likely N-dealkylation sites (N-methyl/N-ethyl adjacent to an activating group) is 1. The topological polar surface area (TPSA) is 35.5 Å². The summed E-state index contributed by atoms with van der Waals surface area (Å²) in [5.41, 5.74) is 3.29. The molecule has 82 valence electrons. The van der Waals surface area contributed by atoms with E-state index in [1.165, 1.54) is 5.69 Å². The van der Waals surface area contributed by atoms with Gasteiger partial charge < -0.3 is 15.3 Å². The molecule has 0 spiro atoms. The molecule has 1 aromatic carbocycles. The zero-order chi connectivity index (χ0) is 10.8. The fourth-order valence-electron chi connectivity index (χ4n) is 2.17. The van der Waals surface area contributed by atoms with Gasteiger partial charge in [0.05, 0.1) is 18.0 Å².